The molecule has 27 heavy (non-hydrogen) atoms. The van der Waals surface area contributed by atoms with Crippen molar-refractivity contribution in [2.75, 3.05) is 32.1 Å². The number of carbonyl (C=O) groups excluding carboxylic acids is 2. The van der Waals surface area contributed by atoms with Crippen molar-refractivity contribution in [1.82, 2.24) is 14.9 Å². The van der Waals surface area contributed by atoms with Crippen molar-refractivity contribution < 1.29 is 14.3 Å². The summed E-state index contributed by atoms with van der Waals surface area (Å²) in [5, 5.41) is 2.86. The lowest BCUT2D eigenvalue weighted by Gasteiger charge is -2.16. The minimum atomic E-state index is -0.318. The number of likely N-dealkylation sites (tertiary alicyclic amines) is 1. The van der Waals surface area contributed by atoms with Crippen molar-refractivity contribution in [2.45, 2.75) is 25.7 Å². The number of pyridine rings is 1. The van der Waals surface area contributed by atoms with Crippen molar-refractivity contribution >= 4 is 17.4 Å². The molecule has 1 aliphatic carbocycles. The summed E-state index contributed by atoms with van der Waals surface area (Å²) in [6.07, 6.45) is 8.07. The first-order chi connectivity index (χ1) is 13.1. The molecule has 0 saturated carbocycles. The average molecular weight is 368 g/mol. The van der Waals surface area contributed by atoms with Gasteiger partial charge in [0, 0.05) is 43.0 Å². The van der Waals surface area contributed by atoms with E-state index in [9.17, 15) is 9.59 Å². The van der Waals surface area contributed by atoms with Crippen molar-refractivity contribution in [2.24, 2.45) is 5.92 Å². The molecule has 4 rings (SSSR count). The van der Waals surface area contributed by atoms with Gasteiger partial charge in [-0.15, -0.1) is 0 Å². The first kappa shape index (κ1) is 17.7. The molecule has 1 atom stereocenters. The van der Waals surface area contributed by atoms with E-state index in [-0.39, 0.29) is 11.7 Å². The Kier molecular flexibility index (Phi) is 4.94. The van der Waals surface area contributed by atoms with E-state index in [1.165, 1.54) is 0 Å². The van der Waals surface area contributed by atoms with Gasteiger partial charge in [-0.1, -0.05) is 0 Å². The molecule has 0 aromatic carbocycles. The molecule has 1 saturated heterocycles. The van der Waals surface area contributed by atoms with E-state index >= 15 is 0 Å². The lowest BCUT2D eigenvalue weighted by atomic mass is 9.93. The first-order valence-corrected chi connectivity index (χ1v) is 9.42. The minimum absolute atomic E-state index is 0.0238. The molecule has 0 spiro atoms. The molecule has 0 radical (unpaired) electrons. The highest BCUT2D eigenvalue weighted by Crippen LogP contribution is 2.28. The maximum Gasteiger partial charge on any atom is 0.258 e. The quantitative estimate of drug-likeness (QED) is 0.847. The monoisotopic (exact) mass is 368 g/mol. The summed E-state index contributed by atoms with van der Waals surface area (Å²) in [5.74, 6) is 0.793. The van der Waals surface area contributed by atoms with Crippen LogP contribution in [-0.4, -0.2) is 53.3 Å². The molecule has 1 fully saturated rings. The number of hydrogen-bond acceptors (Lipinski definition) is 5. The van der Waals surface area contributed by atoms with Crippen molar-refractivity contribution in [3.63, 3.8) is 0 Å². The molecule has 2 aromatic heterocycles. The number of anilines is 1. The van der Waals surface area contributed by atoms with Crippen LogP contribution in [-0.2, 0) is 6.42 Å². The number of ether oxygens (including phenoxy) is 1. The second-order valence-electron chi connectivity index (χ2n) is 7.39. The van der Waals surface area contributed by atoms with Gasteiger partial charge in [0.2, 0.25) is 0 Å². The van der Waals surface area contributed by atoms with Crippen molar-refractivity contribution in [3.05, 3.63) is 41.5 Å². The SMILES string of the molecule is CN1CCC(COc2ccncc2NC(=O)c2c[nH]c3c2C(=O)CCC3)C1. The molecule has 1 aliphatic heterocycles. The van der Waals surface area contributed by atoms with Gasteiger partial charge in [0.05, 0.1) is 23.9 Å². The van der Waals surface area contributed by atoms with E-state index in [0.29, 0.717) is 41.5 Å². The predicted octanol–water partition coefficient (Wildman–Crippen LogP) is 2.51. The van der Waals surface area contributed by atoms with Crippen molar-refractivity contribution in [1.29, 1.82) is 0 Å². The van der Waals surface area contributed by atoms with E-state index in [1.807, 2.05) is 0 Å². The fraction of sp³-hybridized carbons (Fsp3) is 0.450. The highest BCUT2D eigenvalue weighted by Gasteiger charge is 2.26. The van der Waals surface area contributed by atoms with Crippen LogP contribution in [0.1, 0.15) is 45.7 Å². The number of hydrogen-bond donors (Lipinski definition) is 2. The second kappa shape index (κ2) is 7.52. The van der Waals surface area contributed by atoms with Crippen LogP contribution in [0.5, 0.6) is 5.75 Å². The maximum absolute atomic E-state index is 12.8. The number of aromatic amines is 1. The Morgan fingerprint density at radius 2 is 2.33 bits per heavy atom. The summed E-state index contributed by atoms with van der Waals surface area (Å²) in [7, 11) is 2.11. The van der Waals surface area contributed by atoms with Gasteiger partial charge in [0.25, 0.3) is 5.91 Å². The summed E-state index contributed by atoms with van der Waals surface area (Å²) in [4.78, 5) is 34.5. The minimum Gasteiger partial charge on any atom is -0.491 e. The summed E-state index contributed by atoms with van der Waals surface area (Å²) in [6.45, 7) is 2.71. The molecule has 1 unspecified atom stereocenters. The van der Waals surface area contributed by atoms with Crippen LogP contribution in [0.25, 0.3) is 0 Å². The molecule has 0 bridgehead atoms. The Balaban J connectivity index is 1.47. The number of H-pyrrole nitrogens is 1. The van der Waals surface area contributed by atoms with Gasteiger partial charge in [-0.3, -0.25) is 14.6 Å². The molecular formula is C20H24N4O3. The third-order valence-electron chi connectivity index (χ3n) is 5.31. The number of fused-ring (bicyclic) bond motifs is 1. The summed E-state index contributed by atoms with van der Waals surface area (Å²) >= 11 is 0. The highest BCUT2D eigenvalue weighted by molar-refractivity contribution is 6.13. The van der Waals surface area contributed by atoms with Crippen LogP contribution in [0.2, 0.25) is 0 Å². The Morgan fingerprint density at radius 3 is 3.15 bits per heavy atom. The Labute approximate surface area is 158 Å². The topological polar surface area (TPSA) is 87.3 Å². The van der Waals surface area contributed by atoms with Gasteiger partial charge in [0.1, 0.15) is 11.4 Å². The highest BCUT2D eigenvalue weighted by atomic mass is 16.5. The number of amides is 1. The Hall–Kier alpha value is -2.67. The van der Waals surface area contributed by atoms with Crippen LogP contribution < -0.4 is 10.1 Å². The lowest BCUT2D eigenvalue weighted by Crippen LogP contribution is -2.20. The molecule has 2 aliphatic rings. The standard InChI is InChI=1S/C20H24N4O3/c1-24-8-6-13(11-24)12-27-18-5-7-21-10-16(18)23-20(26)14-9-22-15-3-2-4-17(25)19(14)15/h5,7,9-10,13,22H,2-4,6,8,11-12H2,1H3,(H,23,26). The molecule has 2 N–H and O–H groups in total. The number of Topliss-reactive ketones (excluding diaryl/α,β-unsaturated/α-hetero) is 1. The maximum atomic E-state index is 12.8. The van der Waals surface area contributed by atoms with E-state index in [1.54, 1.807) is 24.7 Å². The van der Waals surface area contributed by atoms with E-state index < -0.39 is 0 Å². The molecule has 2 aromatic rings. The fourth-order valence-corrected chi connectivity index (χ4v) is 3.87. The molecule has 7 heteroatoms. The zero-order valence-electron chi connectivity index (χ0n) is 15.5. The molecule has 7 nitrogen and oxygen atoms in total. The van der Waals surface area contributed by atoms with Crippen molar-refractivity contribution in [3.8, 4) is 5.75 Å². The first-order valence-electron chi connectivity index (χ1n) is 9.42. The van der Waals surface area contributed by atoms with E-state index in [0.717, 1.165) is 38.0 Å². The Bertz CT molecular complexity index is 861. The number of ketones is 1. The van der Waals surface area contributed by atoms with Crippen LogP contribution in [0.15, 0.2) is 24.7 Å². The molecule has 142 valence electrons. The fourth-order valence-electron chi connectivity index (χ4n) is 3.87. The third kappa shape index (κ3) is 3.73. The zero-order chi connectivity index (χ0) is 18.8. The van der Waals surface area contributed by atoms with E-state index in [2.05, 4.69) is 27.2 Å². The van der Waals surface area contributed by atoms with Crippen LogP contribution in [0, 0.1) is 5.92 Å². The molecule has 3 heterocycles. The number of aromatic nitrogens is 2. The Morgan fingerprint density at radius 1 is 1.44 bits per heavy atom. The number of nitrogens with one attached hydrogen (secondary N) is 2. The largest absolute Gasteiger partial charge is 0.491 e. The number of rotatable bonds is 5. The zero-order valence-corrected chi connectivity index (χ0v) is 15.5. The summed E-state index contributed by atoms with van der Waals surface area (Å²) in [6, 6.07) is 1.76. The van der Waals surface area contributed by atoms with Crippen LogP contribution in [0.4, 0.5) is 5.69 Å². The van der Waals surface area contributed by atoms with E-state index in [4.69, 9.17) is 4.74 Å². The lowest BCUT2D eigenvalue weighted by molar-refractivity contribution is 0.0956. The smallest absolute Gasteiger partial charge is 0.258 e. The predicted molar refractivity (Wildman–Crippen MR) is 101 cm³/mol. The van der Waals surface area contributed by atoms with Gasteiger partial charge in [-0.05, 0) is 32.9 Å². The number of nitrogens with zero attached hydrogens (tertiary/aromatic N) is 2. The van der Waals surface area contributed by atoms with Gasteiger partial charge in [-0.2, -0.15) is 0 Å². The third-order valence-corrected chi connectivity index (χ3v) is 5.31. The molecular weight excluding hydrogens is 344 g/mol. The molecule has 1 amide bonds. The van der Waals surface area contributed by atoms with Crippen LogP contribution in [0.3, 0.4) is 0 Å². The van der Waals surface area contributed by atoms with Crippen LogP contribution >= 0.6 is 0 Å². The van der Waals surface area contributed by atoms with Gasteiger partial charge < -0.3 is 19.9 Å². The van der Waals surface area contributed by atoms with Gasteiger partial charge in [0.15, 0.2) is 5.78 Å². The average Bonchev–Trinajstić information content (AvgIpc) is 3.28. The normalized spacial score (nSPS) is 19.7. The number of aryl methyl sites for hydroxylation is 1. The number of carbonyl (C=O) groups is 2. The summed E-state index contributed by atoms with van der Waals surface area (Å²) in [5.41, 5.74) is 2.29. The van der Waals surface area contributed by atoms with Gasteiger partial charge in [-0.25, -0.2) is 0 Å². The summed E-state index contributed by atoms with van der Waals surface area (Å²) < 4.78 is 5.97. The van der Waals surface area contributed by atoms with Gasteiger partial charge >= 0.3 is 0 Å². The second-order valence-corrected chi connectivity index (χ2v) is 7.39.